The van der Waals surface area contributed by atoms with Gasteiger partial charge >= 0.3 is 0 Å². The molecule has 0 aliphatic carbocycles. The zero-order chi connectivity index (χ0) is 7.49. The van der Waals surface area contributed by atoms with Crippen LogP contribution in [0.5, 0.6) is 0 Å². The molecule has 0 aromatic heterocycles. The molecule has 0 aliphatic rings. The van der Waals surface area contributed by atoms with Gasteiger partial charge in [0.05, 0.1) is 26.3 Å². The van der Waals surface area contributed by atoms with Crippen molar-refractivity contribution in [2.24, 2.45) is 0 Å². The Balaban J connectivity index is 3.76. The van der Waals surface area contributed by atoms with Gasteiger partial charge < -0.3 is 5.11 Å². The second-order valence-corrected chi connectivity index (χ2v) is 8.64. The molecular formula is C6H13NOSi. The van der Waals surface area contributed by atoms with Crippen molar-refractivity contribution in [3.63, 3.8) is 0 Å². The summed E-state index contributed by atoms with van der Waals surface area (Å²) in [7, 11) is -1.45. The maximum atomic E-state index is 9.22. The zero-order valence-electron chi connectivity index (χ0n) is 6.18. The van der Waals surface area contributed by atoms with E-state index in [2.05, 4.69) is 19.6 Å². The molecule has 9 heavy (non-hydrogen) atoms. The average Bonchev–Trinajstić information content (AvgIpc) is 1.64. The molecule has 1 atom stereocenters. The fraction of sp³-hybridized carbons (Fsp3) is 0.833. The van der Waals surface area contributed by atoms with E-state index in [1.165, 1.54) is 0 Å². The van der Waals surface area contributed by atoms with E-state index in [0.717, 1.165) is 0 Å². The predicted octanol–water partition coefficient (Wildman–Crippen LogP) is 1.14. The van der Waals surface area contributed by atoms with Gasteiger partial charge in [-0.3, -0.25) is 0 Å². The zero-order valence-corrected chi connectivity index (χ0v) is 7.18. The van der Waals surface area contributed by atoms with Gasteiger partial charge in [-0.05, 0) is 0 Å². The highest BCUT2D eigenvalue weighted by atomic mass is 28.3. The number of nitrogens with zero attached hydrogens (tertiary/aromatic N) is 1. The summed E-state index contributed by atoms with van der Waals surface area (Å²) in [4.78, 5) is 0. The molecule has 0 saturated heterocycles. The highest BCUT2D eigenvalue weighted by Crippen LogP contribution is 2.09. The number of aliphatic hydroxyl groups excluding tert-OH is 1. The normalized spacial score (nSPS) is 14.6. The van der Waals surface area contributed by atoms with Gasteiger partial charge in [0.2, 0.25) is 0 Å². The fourth-order valence-corrected chi connectivity index (χ4v) is 1.10. The lowest BCUT2D eigenvalue weighted by Crippen LogP contribution is -2.37. The van der Waals surface area contributed by atoms with E-state index in [1.807, 2.05) is 6.07 Å². The van der Waals surface area contributed by atoms with Crippen molar-refractivity contribution in [2.45, 2.75) is 31.8 Å². The average molecular weight is 143 g/mol. The third-order valence-corrected chi connectivity index (χ3v) is 3.49. The first kappa shape index (κ1) is 8.67. The van der Waals surface area contributed by atoms with E-state index < -0.39 is 8.07 Å². The SMILES string of the molecule is C[Si](C)(C)[C@@H](O)CC#N. The Bertz CT molecular complexity index is 122. The lowest BCUT2D eigenvalue weighted by atomic mass is 10.5. The van der Waals surface area contributed by atoms with Crippen LogP contribution in [0.1, 0.15) is 6.42 Å². The minimum atomic E-state index is -1.45. The number of aliphatic hydroxyl groups is 1. The summed E-state index contributed by atoms with van der Waals surface area (Å²) >= 11 is 0. The third kappa shape index (κ3) is 3.28. The molecule has 0 spiro atoms. The van der Waals surface area contributed by atoms with E-state index in [1.54, 1.807) is 0 Å². The Hall–Kier alpha value is -0.333. The van der Waals surface area contributed by atoms with E-state index in [0.29, 0.717) is 0 Å². The number of nitriles is 1. The van der Waals surface area contributed by atoms with Crippen LogP contribution >= 0.6 is 0 Å². The molecular weight excluding hydrogens is 130 g/mol. The summed E-state index contributed by atoms with van der Waals surface area (Å²) in [6.07, 6.45) is 0.287. The predicted molar refractivity (Wildman–Crippen MR) is 39.6 cm³/mol. The summed E-state index contributed by atoms with van der Waals surface area (Å²) in [5, 5.41) is 17.4. The fourth-order valence-electron chi connectivity index (χ4n) is 0.393. The van der Waals surface area contributed by atoms with Gasteiger partial charge in [0, 0.05) is 0 Å². The first-order chi connectivity index (χ1) is 3.98. The molecule has 0 aliphatic heterocycles. The summed E-state index contributed by atoms with van der Waals surface area (Å²) in [5.41, 5.74) is -0.359. The van der Waals surface area contributed by atoms with Crippen LogP contribution in [0.25, 0.3) is 0 Å². The molecule has 3 heteroatoms. The first-order valence-electron chi connectivity index (χ1n) is 3.03. The molecule has 0 heterocycles. The Morgan fingerprint density at radius 1 is 1.56 bits per heavy atom. The van der Waals surface area contributed by atoms with Crippen LogP contribution in [0, 0.1) is 11.3 Å². The molecule has 0 bridgehead atoms. The molecule has 0 rings (SSSR count). The van der Waals surface area contributed by atoms with Crippen molar-refractivity contribution in [1.82, 2.24) is 0 Å². The number of hydrogen-bond donors (Lipinski definition) is 1. The van der Waals surface area contributed by atoms with Crippen LogP contribution < -0.4 is 0 Å². The second kappa shape index (κ2) is 2.99. The minimum absolute atomic E-state index is 0.287. The number of hydrogen-bond acceptors (Lipinski definition) is 2. The summed E-state index contributed by atoms with van der Waals surface area (Å²) in [5.74, 6) is 0. The molecule has 0 unspecified atom stereocenters. The van der Waals surface area contributed by atoms with E-state index in [-0.39, 0.29) is 12.1 Å². The van der Waals surface area contributed by atoms with E-state index in [4.69, 9.17) is 5.26 Å². The number of rotatable bonds is 2. The minimum Gasteiger partial charge on any atom is -0.395 e. The Morgan fingerprint density at radius 2 is 2.00 bits per heavy atom. The summed E-state index contributed by atoms with van der Waals surface area (Å²) in [6.45, 7) is 6.15. The quantitative estimate of drug-likeness (QED) is 0.589. The van der Waals surface area contributed by atoms with Crippen molar-refractivity contribution in [3.05, 3.63) is 0 Å². The van der Waals surface area contributed by atoms with Gasteiger partial charge in [0.1, 0.15) is 0 Å². The molecule has 0 fully saturated rings. The van der Waals surface area contributed by atoms with Gasteiger partial charge in [-0.25, -0.2) is 0 Å². The molecule has 0 radical (unpaired) electrons. The van der Waals surface area contributed by atoms with Crippen LogP contribution in [0.2, 0.25) is 19.6 Å². The lowest BCUT2D eigenvalue weighted by Gasteiger charge is -2.20. The monoisotopic (exact) mass is 143 g/mol. The van der Waals surface area contributed by atoms with Crippen LogP contribution in [0.15, 0.2) is 0 Å². The van der Waals surface area contributed by atoms with Crippen molar-refractivity contribution >= 4 is 8.07 Å². The van der Waals surface area contributed by atoms with Gasteiger partial charge in [0.25, 0.3) is 0 Å². The maximum absolute atomic E-state index is 9.22. The lowest BCUT2D eigenvalue weighted by molar-refractivity contribution is 0.249. The molecule has 52 valence electrons. The van der Waals surface area contributed by atoms with Crippen molar-refractivity contribution < 1.29 is 5.11 Å². The highest BCUT2D eigenvalue weighted by Gasteiger charge is 2.23. The largest absolute Gasteiger partial charge is 0.395 e. The van der Waals surface area contributed by atoms with Gasteiger partial charge in [-0.1, -0.05) is 19.6 Å². The maximum Gasteiger partial charge on any atom is 0.0795 e. The van der Waals surface area contributed by atoms with Crippen LogP contribution in [-0.2, 0) is 0 Å². The van der Waals surface area contributed by atoms with Crippen molar-refractivity contribution in [1.29, 1.82) is 5.26 Å². The summed E-state index contributed by atoms with van der Waals surface area (Å²) in [6, 6.07) is 1.96. The molecule has 0 amide bonds. The van der Waals surface area contributed by atoms with Gasteiger partial charge in [-0.15, -0.1) is 0 Å². The molecule has 0 aromatic rings. The van der Waals surface area contributed by atoms with Gasteiger partial charge in [0.15, 0.2) is 0 Å². The van der Waals surface area contributed by atoms with Gasteiger partial charge in [-0.2, -0.15) is 5.26 Å². The van der Waals surface area contributed by atoms with Crippen LogP contribution in [0.3, 0.4) is 0 Å². The third-order valence-electron chi connectivity index (χ3n) is 1.28. The Morgan fingerprint density at radius 3 is 2.11 bits per heavy atom. The molecule has 1 N–H and O–H groups in total. The Labute approximate surface area is 57.1 Å². The smallest absolute Gasteiger partial charge is 0.0795 e. The van der Waals surface area contributed by atoms with Crippen molar-refractivity contribution in [3.8, 4) is 6.07 Å². The highest BCUT2D eigenvalue weighted by molar-refractivity contribution is 6.77. The Kier molecular flexibility index (Phi) is 2.88. The molecule has 2 nitrogen and oxygen atoms in total. The molecule has 0 saturated carbocycles. The standard InChI is InChI=1S/C6H13NOSi/c1-9(2,3)6(8)4-5-7/h6,8H,4H2,1-3H3/t6-/m1/s1. The molecule has 0 aromatic carbocycles. The summed E-state index contributed by atoms with van der Waals surface area (Å²) < 4.78 is 0. The van der Waals surface area contributed by atoms with Crippen molar-refractivity contribution in [2.75, 3.05) is 0 Å². The van der Waals surface area contributed by atoms with Crippen LogP contribution in [-0.4, -0.2) is 18.9 Å². The topological polar surface area (TPSA) is 44.0 Å². The van der Waals surface area contributed by atoms with E-state index in [9.17, 15) is 5.11 Å². The van der Waals surface area contributed by atoms with E-state index >= 15 is 0 Å². The second-order valence-electron chi connectivity index (χ2n) is 3.24. The first-order valence-corrected chi connectivity index (χ1v) is 6.61. The van der Waals surface area contributed by atoms with Crippen LogP contribution in [0.4, 0.5) is 0 Å².